The van der Waals surface area contributed by atoms with Gasteiger partial charge in [-0.2, -0.15) is 13.2 Å². The first kappa shape index (κ1) is 23.5. The fourth-order valence-corrected chi connectivity index (χ4v) is 4.14. The van der Waals surface area contributed by atoms with Gasteiger partial charge in [0.25, 0.3) is 0 Å². The number of hydrogen-bond donors (Lipinski definition) is 2. The van der Waals surface area contributed by atoms with E-state index in [0.717, 1.165) is 17.0 Å². The molecule has 0 saturated carbocycles. The molecule has 0 fully saturated rings. The van der Waals surface area contributed by atoms with Gasteiger partial charge in [0, 0.05) is 22.4 Å². The first-order valence-electron chi connectivity index (χ1n) is 8.80. The summed E-state index contributed by atoms with van der Waals surface area (Å²) in [7, 11) is -0.452. The predicted molar refractivity (Wildman–Crippen MR) is 111 cm³/mol. The summed E-state index contributed by atoms with van der Waals surface area (Å²) >= 11 is 1.54. The number of nitrogens with one attached hydrogen (secondary N) is 1. The van der Waals surface area contributed by atoms with Crippen molar-refractivity contribution >= 4 is 27.5 Å². The Bertz CT molecular complexity index is 905. The highest BCUT2D eigenvalue weighted by Gasteiger charge is 2.35. The largest absolute Gasteiger partial charge is 0.418 e. The van der Waals surface area contributed by atoms with Crippen LogP contribution in [0.25, 0.3) is 0 Å². The molecule has 5 nitrogen and oxygen atoms in total. The molecule has 2 aromatic carbocycles. The maximum absolute atomic E-state index is 13.5. The van der Waals surface area contributed by atoms with Crippen LogP contribution in [0.3, 0.4) is 0 Å². The van der Waals surface area contributed by atoms with Crippen LogP contribution in [0.4, 0.5) is 18.9 Å². The predicted octanol–water partition coefficient (Wildman–Crippen LogP) is 3.88. The monoisotopic (exact) mass is 447 g/mol. The van der Waals surface area contributed by atoms with Crippen LogP contribution in [-0.2, 0) is 16.2 Å². The summed E-state index contributed by atoms with van der Waals surface area (Å²) in [6, 6.07) is 12.1. The number of nitrogens with zero attached hydrogens (tertiary/aromatic N) is 1. The van der Waals surface area contributed by atoms with E-state index < -0.39 is 26.7 Å². The normalized spacial score (nSPS) is 13.5. The minimum absolute atomic E-state index is 0.165. The second kappa shape index (κ2) is 9.84. The van der Waals surface area contributed by atoms with Crippen LogP contribution in [0.1, 0.15) is 12.0 Å². The molecule has 0 aliphatic heterocycles. The molecule has 0 spiro atoms. The summed E-state index contributed by atoms with van der Waals surface area (Å²) in [5.74, 6) is 0.548. The summed E-state index contributed by atoms with van der Waals surface area (Å²) in [6.07, 6.45) is -4.11. The Kier molecular flexibility index (Phi) is 7.98. The number of thioether (sulfide) groups is 1. The molecule has 0 aliphatic carbocycles. The summed E-state index contributed by atoms with van der Waals surface area (Å²) in [6.45, 7) is 0.684. The number of hydrogen-bond acceptors (Lipinski definition) is 5. The molecule has 0 bridgehead atoms. The Balaban J connectivity index is 2.28. The second-order valence-corrected chi connectivity index (χ2v) is 9.46. The fraction of sp³-hybridized carbons (Fsp3) is 0.368. The highest BCUT2D eigenvalue weighted by molar-refractivity contribution is 7.99. The average Bonchev–Trinajstić information content (AvgIpc) is 2.63. The van der Waals surface area contributed by atoms with Gasteiger partial charge in [-0.15, -0.1) is 11.8 Å². The lowest BCUT2D eigenvalue weighted by atomic mass is 10.1. The molecule has 0 unspecified atom stereocenters. The third-order valence-corrected chi connectivity index (χ3v) is 6.19. The van der Waals surface area contributed by atoms with Crippen molar-refractivity contribution in [1.29, 1.82) is 0 Å². The van der Waals surface area contributed by atoms with Crippen molar-refractivity contribution in [2.75, 3.05) is 31.7 Å². The zero-order valence-corrected chi connectivity index (χ0v) is 17.7. The molecule has 1 atom stereocenters. The van der Waals surface area contributed by atoms with Crippen molar-refractivity contribution in [3.8, 4) is 0 Å². The first-order valence-corrected chi connectivity index (χ1v) is 11.3. The smallest absolute Gasteiger partial charge is 0.381 e. The number of rotatable bonds is 9. The van der Waals surface area contributed by atoms with E-state index in [1.165, 1.54) is 0 Å². The molecule has 2 aromatic rings. The Morgan fingerprint density at radius 2 is 1.79 bits per heavy atom. The Hall–Kier alpha value is -1.75. The minimum Gasteiger partial charge on any atom is -0.381 e. The maximum Gasteiger partial charge on any atom is 0.418 e. The van der Waals surface area contributed by atoms with Crippen molar-refractivity contribution in [2.24, 2.45) is 5.14 Å². The van der Waals surface area contributed by atoms with E-state index in [1.54, 1.807) is 11.8 Å². The minimum atomic E-state index is -4.72. The van der Waals surface area contributed by atoms with Gasteiger partial charge in [-0.25, -0.2) is 13.6 Å². The fourth-order valence-electron chi connectivity index (χ4n) is 2.61. The van der Waals surface area contributed by atoms with Gasteiger partial charge >= 0.3 is 6.18 Å². The van der Waals surface area contributed by atoms with Crippen molar-refractivity contribution in [2.45, 2.75) is 28.4 Å². The lowest BCUT2D eigenvalue weighted by Gasteiger charge is -2.24. The van der Waals surface area contributed by atoms with Gasteiger partial charge in [0.05, 0.1) is 10.5 Å². The molecule has 0 heterocycles. The molecule has 3 N–H and O–H groups in total. The highest BCUT2D eigenvalue weighted by Crippen LogP contribution is 2.37. The first-order chi connectivity index (χ1) is 13.5. The van der Waals surface area contributed by atoms with Gasteiger partial charge in [-0.1, -0.05) is 18.2 Å². The van der Waals surface area contributed by atoms with Gasteiger partial charge < -0.3 is 10.2 Å². The Morgan fingerprint density at radius 1 is 1.14 bits per heavy atom. The third kappa shape index (κ3) is 7.54. The summed E-state index contributed by atoms with van der Waals surface area (Å²) < 4.78 is 63.6. The molecule has 0 amide bonds. The quantitative estimate of drug-likeness (QED) is 0.571. The number of benzene rings is 2. The van der Waals surface area contributed by atoms with Gasteiger partial charge in [0.15, 0.2) is 0 Å². The van der Waals surface area contributed by atoms with E-state index in [4.69, 9.17) is 5.14 Å². The van der Waals surface area contributed by atoms with Crippen molar-refractivity contribution in [1.82, 2.24) is 4.90 Å². The number of anilines is 1. The molecular weight excluding hydrogens is 423 g/mol. The Morgan fingerprint density at radius 3 is 2.34 bits per heavy atom. The zero-order valence-electron chi connectivity index (χ0n) is 16.1. The molecule has 160 valence electrons. The van der Waals surface area contributed by atoms with Crippen molar-refractivity contribution < 1.29 is 21.6 Å². The molecule has 2 rings (SSSR count). The number of primary sulfonamides is 1. The van der Waals surface area contributed by atoms with Crippen LogP contribution in [0.15, 0.2) is 58.3 Å². The average molecular weight is 448 g/mol. The van der Waals surface area contributed by atoms with Crippen LogP contribution >= 0.6 is 11.8 Å². The summed E-state index contributed by atoms with van der Waals surface area (Å²) in [5, 5.41) is 7.94. The zero-order chi connectivity index (χ0) is 21.7. The van der Waals surface area contributed by atoms with E-state index in [1.807, 2.05) is 49.3 Å². The van der Waals surface area contributed by atoms with Crippen LogP contribution in [0, 0.1) is 0 Å². The topological polar surface area (TPSA) is 75.4 Å². The van der Waals surface area contributed by atoms with E-state index in [-0.39, 0.29) is 11.7 Å². The summed E-state index contributed by atoms with van der Waals surface area (Å²) in [4.78, 5) is 2.40. The molecular formula is C19H24F3N3O2S2. The number of halogens is 3. The van der Waals surface area contributed by atoms with Gasteiger partial charge in [-0.3, -0.25) is 0 Å². The molecule has 10 heteroatoms. The highest BCUT2D eigenvalue weighted by atomic mass is 32.2. The van der Waals surface area contributed by atoms with E-state index in [0.29, 0.717) is 24.8 Å². The van der Waals surface area contributed by atoms with E-state index >= 15 is 0 Å². The number of alkyl halides is 3. The van der Waals surface area contributed by atoms with Crippen molar-refractivity contribution in [3.63, 3.8) is 0 Å². The molecule has 29 heavy (non-hydrogen) atoms. The number of nitrogens with two attached hydrogens (primary N) is 1. The van der Waals surface area contributed by atoms with E-state index in [2.05, 4.69) is 5.32 Å². The van der Waals surface area contributed by atoms with Gasteiger partial charge in [0.1, 0.15) is 0 Å². The Labute approximate surface area is 173 Å². The number of sulfonamides is 1. The molecule has 0 saturated heterocycles. The standard InChI is InChI=1S/C19H24F3N3O2S2/c1-25(2)11-10-14(13-28-15-6-4-3-5-7-15)24-18-9-8-16(29(23,26)27)12-17(18)19(20,21)22/h3-9,12,14,24H,10-11,13H2,1-2H3,(H2,23,26,27)/t14-/m1/s1. The lowest BCUT2D eigenvalue weighted by molar-refractivity contribution is -0.137. The van der Waals surface area contributed by atoms with Gasteiger partial charge in [-0.05, 0) is 57.4 Å². The van der Waals surface area contributed by atoms with Crippen LogP contribution < -0.4 is 10.5 Å². The maximum atomic E-state index is 13.5. The van der Waals surface area contributed by atoms with Crippen LogP contribution in [0.5, 0.6) is 0 Å². The molecule has 0 aromatic heterocycles. The van der Waals surface area contributed by atoms with Crippen LogP contribution in [-0.4, -0.2) is 45.8 Å². The van der Waals surface area contributed by atoms with Crippen LogP contribution in [0.2, 0.25) is 0 Å². The van der Waals surface area contributed by atoms with Crippen molar-refractivity contribution in [3.05, 3.63) is 54.1 Å². The summed E-state index contributed by atoms with van der Waals surface area (Å²) in [5.41, 5.74) is -1.22. The van der Waals surface area contributed by atoms with E-state index in [9.17, 15) is 21.6 Å². The molecule has 0 radical (unpaired) electrons. The molecule has 0 aliphatic rings. The second-order valence-electron chi connectivity index (χ2n) is 6.81. The SMILES string of the molecule is CN(C)CC[C@H](CSc1ccccc1)Nc1ccc(S(N)(=O)=O)cc1C(F)(F)F. The lowest BCUT2D eigenvalue weighted by Crippen LogP contribution is -2.29. The third-order valence-electron chi connectivity index (χ3n) is 4.10. The van der Waals surface area contributed by atoms with Gasteiger partial charge in [0.2, 0.25) is 10.0 Å².